The minimum Gasteiger partial charge on any atom is -0.369 e. The third kappa shape index (κ3) is 7.38. The SMILES string of the molecule is C=CCNN(c1cccc(CN(C)C)n1)c1nc(Nc2ccc(N3CCN(C(C)C)CC3)cc2)ncc1C=O. The fourth-order valence-corrected chi connectivity index (χ4v) is 4.51. The normalized spacial score (nSPS) is 14.1. The highest BCUT2D eigenvalue weighted by Gasteiger charge is 2.20. The first-order chi connectivity index (χ1) is 18.9. The van der Waals surface area contributed by atoms with E-state index in [0.29, 0.717) is 42.3 Å². The molecule has 1 aliphatic rings. The van der Waals surface area contributed by atoms with Crippen molar-refractivity contribution in [3.63, 3.8) is 0 Å². The van der Waals surface area contributed by atoms with Gasteiger partial charge in [-0.15, -0.1) is 6.58 Å². The van der Waals surface area contributed by atoms with Crippen LogP contribution >= 0.6 is 0 Å². The molecule has 0 spiro atoms. The number of aromatic nitrogens is 3. The van der Waals surface area contributed by atoms with E-state index < -0.39 is 0 Å². The van der Waals surface area contributed by atoms with Crippen molar-refractivity contribution in [3.8, 4) is 0 Å². The number of piperazine rings is 1. The molecule has 206 valence electrons. The highest BCUT2D eigenvalue weighted by atomic mass is 16.1. The van der Waals surface area contributed by atoms with Crippen LogP contribution in [0.4, 0.5) is 29.0 Å². The maximum Gasteiger partial charge on any atom is 0.229 e. The lowest BCUT2D eigenvalue weighted by atomic mass is 10.2. The van der Waals surface area contributed by atoms with Crippen LogP contribution in [0.3, 0.4) is 0 Å². The molecule has 2 N–H and O–H groups in total. The van der Waals surface area contributed by atoms with Crippen molar-refractivity contribution < 1.29 is 4.79 Å². The van der Waals surface area contributed by atoms with Gasteiger partial charge in [-0.25, -0.2) is 20.4 Å². The first-order valence-corrected chi connectivity index (χ1v) is 13.3. The number of pyridine rings is 1. The molecular weight excluding hydrogens is 490 g/mol. The number of carbonyl (C=O) groups excluding carboxylic acids is 1. The molecule has 39 heavy (non-hydrogen) atoms. The van der Waals surface area contributed by atoms with Gasteiger partial charge in [0.15, 0.2) is 12.1 Å². The van der Waals surface area contributed by atoms with Gasteiger partial charge in [0.25, 0.3) is 0 Å². The largest absolute Gasteiger partial charge is 0.369 e. The van der Waals surface area contributed by atoms with Crippen LogP contribution in [0, 0.1) is 0 Å². The van der Waals surface area contributed by atoms with Gasteiger partial charge in [0.1, 0.15) is 5.82 Å². The number of nitrogens with one attached hydrogen (secondary N) is 2. The monoisotopic (exact) mass is 529 g/mol. The van der Waals surface area contributed by atoms with Gasteiger partial charge in [-0.05, 0) is 64.3 Å². The van der Waals surface area contributed by atoms with Gasteiger partial charge in [0.2, 0.25) is 5.95 Å². The standard InChI is InChI=1S/C29H39N9O/c1-6-14-31-38(27-9-7-8-25(32-27)20-35(4)5)28-23(21-39)19-30-29(34-28)33-24-10-12-26(13-11-24)37-17-15-36(16-18-37)22(2)3/h6-13,19,21-22,31H,1,14-18,20H2,2-5H3,(H,30,33,34). The minimum atomic E-state index is 0.341. The zero-order chi connectivity index (χ0) is 27.8. The first-order valence-electron chi connectivity index (χ1n) is 13.3. The van der Waals surface area contributed by atoms with E-state index in [1.54, 1.807) is 11.1 Å². The van der Waals surface area contributed by atoms with Gasteiger partial charge in [-0.2, -0.15) is 4.98 Å². The van der Waals surface area contributed by atoms with Crippen LogP contribution in [0.15, 0.2) is 61.3 Å². The molecule has 0 atom stereocenters. The van der Waals surface area contributed by atoms with Crippen molar-refractivity contribution in [1.29, 1.82) is 0 Å². The summed E-state index contributed by atoms with van der Waals surface area (Å²) in [6, 6.07) is 14.7. The average molecular weight is 530 g/mol. The Bertz CT molecular complexity index is 1240. The molecule has 4 rings (SSSR count). The van der Waals surface area contributed by atoms with Crippen molar-refractivity contribution in [2.24, 2.45) is 0 Å². The smallest absolute Gasteiger partial charge is 0.229 e. The second-order valence-corrected chi connectivity index (χ2v) is 10.1. The highest BCUT2D eigenvalue weighted by Crippen LogP contribution is 2.26. The maximum absolute atomic E-state index is 12.0. The number of hydrogen-bond donors (Lipinski definition) is 2. The van der Waals surface area contributed by atoms with Crippen LogP contribution in [-0.2, 0) is 6.54 Å². The zero-order valence-electron chi connectivity index (χ0n) is 23.3. The van der Waals surface area contributed by atoms with E-state index in [1.807, 2.05) is 49.3 Å². The summed E-state index contributed by atoms with van der Waals surface area (Å²) in [6.07, 6.45) is 4.01. The second-order valence-electron chi connectivity index (χ2n) is 10.1. The summed E-state index contributed by atoms with van der Waals surface area (Å²) in [5.74, 6) is 1.40. The molecule has 3 aromatic rings. The molecule has 0 unspecified atom stereocenters. The van der Waals surface area contributed by atoms with E-state index in [-0.39, 0.29) is 0 Å². The molecule has 1 aromatic carbocycles. The summed E-state index contributed by atoms with van der Waals surface area (Å²) >= 11 is 0. The minimum absolute atomic E-state index is 0.341. The van der Waals surface area contributed by atoms with E-state index in [9.17, 15) is 4.79 Å². The zero-order valence-corrected chi connectivity index (χ0v) is 23.3. The Morgan fingerprint density at radius 3 is 2.44 bits per heavy atom. The molecule has 0 amide bonds. The number of carbonyl (C=O) groups is 1. The highest BCUT2D eigenvalue weighted by molar-refractivity contribution is 5.84. The molecule has 0 radical (unpaired) electrons. The lowest BCUT2D eigenvalue weighted by molar-refractivity contribution is 0.112. The Morgan fingerprint density at radius 1 is 1.05 bits per heavy atom. The molecule has 1 fully saturated rings. The van der Waals surface area contributed by atoms with E-state index in [2.05, 4.69) is 58.1 Å². The Hall–Kier alpha value is -3.86. The number of hydrazine groups is 1. The van der Waals surface area contributed by atoms with Crippen molar-refractivity contribution >= 4 is 35.2 Å². The van der Waals surface area contributed by atoms with Crippen molar-refractivity contribution in [1.82, 2.24) is 30.2 Å². The van der Waals surface area contributed by atoms with E-state index in [0.717, 1.165) is 43.8 Å². The summed E-state index contributed by atoms with van der Waals surface area (Å²) in [7, 11) is 3.99. The Kier molecular flexibility index (Phi) is 9.59. The van der Waals surface area contributed by atoms with Gasteiger partial charge in [0, 0.05) is 62.9 Å². The molecule has 0 bridgehead atoms. The van der Waals surface area contributed by atoms with E-state index in [4.69, 9.17) is 9.97 Å². The van der Waals surface area contributed by atoms with Gasteiger partial charge in [-0.3, -0.25) is 9.69 Å². The number of aldehydes is 1. The third-order valence-corrected chi connectivity index (χ3v) is 6.56. The predicted molar refractivity (Wildman–Crippen MR) is 158 cm³/mol. The number of anilines is 5. The topological polar surface area (TPSA) is 92.8 Å². The van der Waals surface area contributed by atoms with Gasteiger partial charge >= 0.3 is 0 Å². The molecule has 0 saturated carbocycles. The molecule has 10 heteroatoms. The lowest BCUT2D eigenvalue weighted by Crippen LogP contribution is -2.48. The van der Waals surface area contributed by atoms with Gasteiger partial charge < -0.3 is 15.1 Å². The van der Waals surface area contributed by atoms with Crippen LogP contribution in [0.2, 0.25) is 0 Å². The van der Waals surface area contributed by atoms with E-state index in [1.165, 1.54) is 11.9 Å². The Morgan fingerprint density at radius 2 is 1.79 bits per heavy atom. The fraction of sp³-hybridized carbons (Fsp3) is 0.379. The van der Waals surface area contributed by atoms with Crippen LogP contribution < -0.4 is 20.7 Å². The quantitative estimate of drug-likeness (QED) is 0.205. The molecule has 1 saturated heterocycles. The van der Waals surface area contributed by atoms with Gasteiger partial charge in [0.05, 0.1) is 11.3 Å². The molecular formula is C29H39N9O. The van der Waals surface area contributed by atoms with Crippen LogP contribution in [0.1, 0.15) is 29.9 Å². The van der Waals surface area contributed by atoms with Gasteiger partial charge in [-0.1, -0.05) is 12.1 Å². The Labute approximate surface area is 231 Å². The molecule has 10 nitrogen and oxygen atoms in total. The summed E-state index contributed by atoms with van der Waals surface area (Å²) in [4.78, 5) is 32.8. The average Bonchev–Trinajstić information content (AvgIpc) is 2.94. The first kappa shape index (κ1) is 28.2. The second kappa shape index (κ2) is 13.3. The molecule has 1 aliphatic heterocycles. The van der Waals surface area contributed by atoms with Crippen LogP contribution in [0.25, 0.3) is 0 Å². The molecule has 2 aromatic heterocycles. The maximum atomic E-state index is 12.0. The summed E-state index contributed by atoms with van der Waals surface area (Å²) in [6.45, 7) is 13.6. The van der Waals surface area contributed by atoms with E-state index >= 15 is 0 Å². The number of rotatable bonds is 12. The number of hydrogen-bond acceptors (Lipinski definition) is 10. The van der Waals surface area contributed by atoms with Crippen molar-refractivity contribution in [2.75, 3.05) is 62.0 Å². The summed E-state index contributed by atoms with van der Waals surface area (Å²) in [5, 5.41) is 4.99. The summed E-state index contributed by atoms with van der Waals surface area (Å²) < 4.78 is 0. The lowest BCUT2D eigenvalue weighted by Gasteiger charge is -2.38. The number of benzene rings is 1. The fourth-order valence-electron chi connectivity index (χ4n) is 4.51. The van der Waals surface area contributed by atoms with Crippen molar-refractivity contribution in [2.45, 2.75) is 26.4 Å². The third-order valence-electron chi connectivity index (χ3n) is 6.56. The van der Waals surface area contributed by atoms with Crippen molar-refractivity contribution in [3.05, 3.63) is 72.6 Å². The van der Waals surface area contributed by atoms with Crippen LogP contribution in [-0.4, -0.2) is 83.9 Å². The number of nitrogens with zero attached hydrogens (tertiary/aromatic N) is 7. The Balaban J connectivity index is 1.55. The molecule has 0 aliphatic carbocycles. The predicted octanol–water partition coefficient (Wildman–Crippen LogP) is 3.85. The van der Waals surface area contributed by atoms with Crippen LogP contribution in [0.5, 0.6) is 0 Å². The summed E-state index contributed by atoms with van der Waals surface area (Å²) in [5.41, 5.74) is 6.55. The molecule has 3 heterocycles.